The highest BCUT2D eigenvalue weighted by molar-refractivity contribution is 4.77. The highest BCUT2D eigenvalue weighted by Gasteiger charge is 2.20. The fourth-order valence-corrected chi connectivity index (χ4v) is 2.74. The fourth-order valence-electron chi connectivity index (χ4n) is 2.74. The van der Waals surface area contributed by atoms with E-state index in [0.717, 1.165) is 24.9 Å². The van der Waals surface area contributed by atoms with Crippen LogP contribution in [0.25, 0.3) is 0 Å². The van der Waals surface area contributed by atoms with Crippen LogP contribution in [0.1, 0.15) is 58.8 Å². The summed E-state index contributed by atoms with van der Waals surface area (Å²) in [6.07, 6.45) is 9.01. The average Bonchev–Trinajstić information content (AvgIpc) is 2.35. The minimum atomic E-state index is 0.336. The summed E-state index contributed by atoms with van der Waals surface area (Å²) in [6, 6.07) is 0.746. The molecule has 0 aromatic rings. The van der Waals surface area contributed by atoms with E-state index in [1.807, 2.05) is 0 Å². The molecule has 1 saturated carbocycles. The molecule has 2 N–H and O–H groups in total. The molecule has 0 bridgehead atoms. The lowest BCUT2D eigenvalue weighted by molar-refractivity contribution is 0.236. The van der Waals surface area contributed by atoms with Crippen LogP contribution in [0.2, 0.25) is 0 Å². The van der Waals surface area contributed by atoms with Gasteiger partial charge in [-0.1, -0.05) is 26.7 Å². The topological polar surface area (TPSA) is 32.3 Å². The number of rotatable bonds is 7. The average molecular weight is 227 g/mol. The molecule has 1 aliphatic rings. The molecule has 1 fully saturated rings. The second-order valence-corrected chi connectivity index (χ2v) is 5.32. The Morgan fingerprint density at radius 3 is 2.38 bits per heavy atom. The first-order chi connectivity index (χ1) is 7.80. The molecular weight excluding hydrogens is 198 g/mol. The molecule has 0 spiro atoms. The molecule has 96 valence electrons. The van der Waals surface area contributed by atoms with Crippen LogP contribution in [0.4, 0.5) is 0 Å². The summed E-state index contributed by atoms with van der Waals surface area (Å²) in [7, 11) is 0. The number of hydrogen-bond donors (Lipinski definition) is 2. The smallest absolute Gasteiger partial charge is 0.0434 e. The number of hydrogen-bond acceptors (Lipinski definition) is 2. The van der Waals surface area contributed by atoms with Gasteiger partial charge in [0, 0.05) is 12.6 Å². The van der Waals surface area contributed by atoms with E-state index >= 15 is 0 Å². The van der Waals surface area contributed by atoms with Gasteiger partial charge in [-0.05, 0) is 50.5 Å². The highest BCUT2D eigenvalue weighted by Crippen LogP contribution is 2.26. The second-order valence-electron chi connectivity index (χ2n) is 5.32. The summed E-state index contributed by atoms with van der Waals surface area (Å²) >= 11 is 0. The van der Waals surface area contributed by atoms with E-state index in [1.165, 1.54) is 38.5 Å². The van der Waals surface area contributed by atoms with Crippen LogP contribution >= 0.6 is 0 Å². The Hall–Kier alpha value is -0.0800. The van der Waals surface area contributed by atoms with E-state index in [2.05, 4.69) is 19.2 Å². The summed E-state index contributed by atoms with van der Waals surface area (Å²) < 4.78 is 0. The van der Waals surface area contributed by atoms with Gasteiger partial charge in [0.05, 0.1) is 0 Å². The Morgan fingerprint density at radius 2 is 1.88 bits per heavy atom. The molecule has 0 heterocycles. The van der Waals surface area contributed by atoms with Crippen LogP contribution in [-0.2, 0) is 0 Å². The highest BCUT2D eigenvalue weighted by atomic mass is 16.3. The van der Waals surface area contributed by atoms with Gasteiger partial charge in [-0.25, -0.2) is 0 Å². The van der Waals surface area contributed by atoms with Crippen LogP contribution in [-0.4, -0.2) is 24.3 Å². The van der Waals surface area contributed by atoms with Crippen molar-refractivity contribution in [2.45, 2.75) is 64.8 Å². The maximum atomic E-state index is 8.94. The Morgan fingerprint density at radius 1 is 1.19 bits per heavy atom. The van der Waals surface area contributed by atoms with Crippen molar-refractivity contribution in [3.05, 3.63) is 0 Å². The third kappa shape index (κ3) is 4.84. The SMILES string of the molecule is CCC1CCC(NCC(CC)CCO)CC1. The zero-order chi connectivity index (χ0) is 11.8. The summed E-state index contributed by atoms with van der Waals surface area (Å²) in [5.41, 5.74) is 0. The summed E-state index contributed by atoms with van der Waals surface area (Å²) in [5.74, 6) is 1.64. The van der Waals surface area contributed by atoms with Gasteiger partial charge < -0.3 is 10.4 Å². The lowest BCUT2D eigenvalue weighted by Crippen LogP contribution is -2.36. The molecule has 1 rings (SSSR count). The predicted molar refractivity (Wildman–Crippen MR) is 69.5 cm³/mol. The van der Waals surface area contributed by atoms with E-state index in [9.17, 15) is 0 Å². The van der Waals surface area contributed by atoms with Gasteiger partial charge in [0.1, 0.15) is 0 Å². The summed E-state index contributed by atoms with van der Waals surface area (Å²) in [6.45, 7) is 5.96. The maximum Gasteiger partial charge on any atom is 0.0434 e. The number of nitrogens with one attached hydrogen (secondary N) is 1. The first-order valence-electron chi connectivity index (χ1n) is 7.14. The molecular formula is C14H29NO. The Kier molecular flexibility index (Phi) is 7.06. The largest absolute Gasteiger partial charge is 0.396 e. The van der Waals surface area contributed by atoms with Crippen molar-refractivity contribution in [2.24, 2.45) is 11.8 Å². The van der Waals surface area contributed by atoms with Crippen LogP contribution in [0.5, 0.6) is 0 Å². The number of aliphatic hydroxyl groups is 1. The molecule has 2 heteroatoms. The molecule has 2 nitrogen and oxygen atoms in total. The minimum absolute atomic E-state index is 0.336. The normalized spacial score (nSPS) is 27.9. The van der Waals surface area contributed by atoms with E-state index in [4.69, 9.17) is 5.11 Å². The van der Waals surface area contributed by atoms with Crippen LogP contribution in [0.15, 0.2) is 0 Å². The Balaban J connectivity index is 2.13. The van der Waals surface area contributed by atoms with Crippen molar-refractivity contribution in [1.29, 1.82) is 0 Å². The first-order valence-corrected chi connectivity index (χ1v) is 7.14. The zero-order valence-corrected chi connectivity index (χ0v) is 11.0. The fraction of sp³-hybridized carbons (Fsp3) is 1.00. The lowest BCUT2D eigenvalue weighted by atomic mass is 9.84. The van der Waals surface area contributed by atoms with E-state index in [0.29, 0.717) is 12.5 Å². The Bertz CT molecular complexity index is 164. The van der Waals surface area contributed by atoms with Crippen molar-refractivity contribution in [3.8, 4) is 0 Å². The predicted octanol–water partition coefficient (Wildman–Crippen LogP) is 2.95. The quantitative estimate of drug-likeness (QED) is 0.701. The molecule has 1 aliphatic carbocycles. The van der Waals surface area contributed by atoms with Gasteiger partial charge >= 0.3 is 0 Å². The molecule has 1 atom stereocenters. The maximum absolute atomic E-state index is 8.94. The summed E-state index contributed by atoms with van der Waals surface area (Å²) in [4.78, 5) is 0. The lowest BCUT2D eigenvalue weighted by Gasteiger charge is -2.29. The molecule has 0 aromatic heterocycles. The van der Waals surface area contributed by atoms with Gasteiger partial charge in [-0.2, -0.15) is 0 Å². The minimum Gasteiger partial charge on any atom is -0.396 e. The molecule has 0 aliphatic heterocycles. The van der Waals surface area contributed by atoms with E-state index in [-0.39, 0.29) is 0 Å². The van der Waals surface area contributed by atoms with Crippen molar-refractivity contribution >= 4 is 0 Å². The molecule has 0 radical (unpaired) electrons. The van der Waals surface area contributed by atoms with Crippen LogP contribution in [0, 0.1) is 11.8 Å². The molecule has 1 unspecified atom stereocenters. The van der Waals surface area contributed by atoms with Crippen molar-refractivity contribution in [1.82, 2.24) is 5.32 Å². The van der Waals surface area contributed by atoms with Crippen molar-refractivity contribution < 1.29 is 5.11 Å². The van der Waals surface area contributed by atoms with Gasteiger partial charge in [0.2, 0.25) is 0 Å². The third-order valence-electron chi connectivity index (χ3n) is 4.23. The van der Waals surface area contributed by atoms with E-state index < -0.39 is 0 Å². The van der Waals surface area contributed by atoms with Gasteiger partial charge in [0.25, 0.3) is 0 Å². The molecule has 16 heavy (non-hydrogen) atoms. The zero-order valence-electron chi connectivity index (χ0n) is 11.0. The number of aliphatic hydroxyl groups excluding tert-OH is 1. The molecule has 0 amide bonds. The van der Waals surface area contributed by atoms with Gasteiger partial charge in [-0.15, -0.1) is 0 Å². The van der Waals surface area contributed by atoms with Gasteiger partial charge in [-0.3, -0.25) is 0 Å². The molecule has 0 aromatic carbocycles. The Labute approximate surface area is 101 Å². The van der Waals surface area contributed by atoms with Crippen molar-refractivity contribution in [3.63, 3.8) is 0 Å². The van der Waals surface area contributed by atoms with Gasteiger partial charge in [0.15, 0.2) is 0 Å². The molecule has 0 saturated heterocycles. The summed E-state index contributed by atoms with van der Waals surface area (Å²) in [5, 5.41) is 12.6. The first kappa shape index (κ1) is 14.0. The van der Waals surface area contributed by atoms with Crippen LogP contribution in [0.3, 0.4) is 0 Å². The monoisotopic (exact) mass is 227 g/mol. The van der Waals surface area contributed by atoms with Crippen LogP contribution < -0.4 is 5.32 Å². The third-order valence-corrected chi connectivity index (χ3v) is 4.23. The van der Waals surface area contributed by atoms with Crippen molar-refractivity contribution in [2.75, 3.05) is 13.2 Å². The van der Waals surface area contributed by atoms with E-state index in [1.54, 1.807) is 0 Å². The second kappa shape index (κ2) is 8.08. The standard InChI is InChI=1S/C14H29NO/c1-3-12-5-7-14(8-6-12)15-11-13(4-2)9-10-16/h12-16H,3-11H2,1-2H3.